The number of oxazole rings is 1. The number of aromatic nitrogens is 1. The van der Waals surface area contributed by atoms with Crippen molar-refractivity contribution in [3.8, 4) is 11.5 Å². The van der Waals surface area contributed by atoms with Crippen LogP contribution in [0.3, 0.4) is 0 Å². The average molecular weight is 347 g/mol. The second-order valence-corrected chi connectivity index (χ2v) is 6.68. The highest BCUT2D eigenvalue weighted by Crippen LogP contribution is 2.27. The molecule has 0 aliphatic carbocycles. The first-order valence-electron chi connectivity index (χ1n) is 8.73. The van der Waals surface area contributed by atoms with Crippen molar-refractivity contribution in [3.63, 3.8) is 0 Å². The second-order valence-electron chi connectivity index (χ2n) is 6.68. The molecular weight excluding hydrogens is 326 g/mol. The van der Waals surface area contributed by atoms with Gasteiger partial charge in [0.25, 0.3) is 0 Å². The van der Waals surface area contributed by atoms with Crippen molar-refractivity contribution in [3.05, 3.63) is 77.2 Å². The third-order valence-corrected chi connectivity index (χ3v) is 4.94. The zero-order chi connectivity index (χ0) is 18.1. The van der Waals surface area contributed by atoms with Crippen LogP contribution in [-0.4, -0.2) is 21.8 Å². The van der Waals surface area contributed by atoms with Crippen molar-refractivity contribution in [1.82, 2.24) is 9.88 Å². The fraction of sp³-hybridized carbons (Fsp3) is 0.238. The minimum Gasteiger partial charge on any atom is -0.441 e. The molecule has 4 rings (SSSR count). The van der Waals surface area contributed by atoms with E-state index in [1.54, 1.807) is 0 Å². The van der Waals surface area contributed by atoms with E-state index in [0.717, 1.165) is 17.0 Å². The molecule has 0 saturated carbocycles. The number of nitrogens with zero attached hydrogens (tertiary/aromatic N) is 2. The first-order chi connectivity index (χ1) is 12.6. The minimum atomic E-state index is -0.332. The number of nitrogens with two attached hydrogens (primary N) is 1. The van der Waals surface area contributed by atoms with Gasteiger partial charge < -0.3 is 10.2 Å². The van der Waals surface area contributed by atoms with E-state index in [9.17, 15) is 4.79 Å². The van der Waals surface area contributed by atoms with E-state index in [2.05, 4.69) is 22.0 Å². The molecule has 132 valence electrons. The Kier molecular flexibility index (Phi) is 4.31. The van der Waals surface area contributed by atoms with Gasteiger partial charge in [-0.15, -0.1) is 0 Å². The van der Waals surface area contributed by atoms with E-state index in [-0.39, 0.29) is 11.9 Å². The number of rotatable bonds is 4. The molecule has 3 aromatic rings. The van der Waals surface area contributed by atoms with Gasteiger partial charge in [-0.05, 0) is 36.6 Å². The molecule has 1 atom stereocenters. The Morgan fingerprint density at radius 1 is 1.15 bits per heavy atom. The van der Waals surface area contributed by atoms with Gasteiger partial charge in [0.05, 0.1) is 11.7 Å². The molecule has 1 amide bonds. The van der Waals surface area contributed by atoms with Gasteiger partial charge in [0.1, 0.15) is 5.76 Å². The second kappa shape index (κ2) is 6.77. The van der Waals surface area contributed by atoms with Gasteiger partial charge in [-0.2, -0.15) is 0 Å². The van der Waals surface area contributed by atoms with Crippen molar-refractivity contribution in [2.24, 2.45) is 5.73 Å². The molecule has 0 spiro atoms. The van der Waals surface area contributed by atoms with Crippen LogP contribution in [0.25, 0.3) is 11.5 Å². The lowest BCUT2D eigenvalue weighted by Gasteiger charge is -2.34. The van der Waals surface area contributed by atoms with Gasteiger partial charge >= 0.3 is 0 Å². The van der Waals surface area contributed by atoms with E-state index >= 15 is 0 Å². The normalized spacial score (nSPS) is 17.0. The summed E-state index contributed by atoms with van der Waals surface area (Å²) in [5, 5.41) is 0. The zero-order valence-corrected chi connectivity index (χ0v) is 14.7. The number of carbonyl (C=O) groups excluding carboxylic acids is 1. The molecule has 0 radical (unpaired) electrons. The molecule has 1 aliphatic rings. The average Bonchev–Trinajstić information content (AvgIpc) is 3.02. The van der Waals surface area contributed by atoms with E-state index in [1.165, 1.54) is 11.1 Å². The Balaban J connectivity index is 1.62. The van der Waals surface area contributed by atoms with Crippen molar-refractivity contribution in [1.29, 1.82) is 0 Å². The molecule has 26 heavy (non-hydrogen) atoms. The van der Waals surface area contributed by atoms with Crippen LogP contribution in [-0.2, 0) is 24.3 Å². The van der Waals surface area contributed by atoms with E-state index in [0.29, 0.717) is 25.4 Å². The van der Waals surface area contributed by atoms with E-state index < -0.39 is 0 Å². The number of amides is 1. The van der Waals surface area contributed by atoms with E-state index in [4.69, 9.17) is 10.2 Å². The Morgan fingerprint density at radius 2 is 1.85 bits per heavy atom. The largest absolute Gasteiger partial charge is 0.441 e. The summed E-state index contributed by atoms with van der Waals surface area (Å²) in [7, 11) is 0. The topological polar surface area (TPSA) is 72.4 Å². The Morgan fingerprint density at radius 3 is 2.58 bits per heavy atom. The summed E-state index contributed by atoms with van der Waals surface area (Å²) >= 11 is 0. The van der Waals surface area contributed by atoms with Crippen LogP contribution >= 0.6 is 0 Å². The van der Waals surface area contributed by atoms with Crippen molar-refractivity contribution in [2.75, 3.05) is 0 Å². The lowest BCUT2D eigenvalue weighted by Crippen LogP contribution is -2.48. The minimum absolute atomic E-state index is 0.302. The number of benzene rings is 2. The van der Waals surface area contributed by atoms with Gasteiger partial charge in [0.2, 0.25) is 11.8 Å². The molecule has 1 aromatic heterocycles. The predicted octanol–water partition coefficient (Wildman–Crippen LogP) is 3.06. The molecule has 2 N–H and O–H groups in total. The first kappa shape index (κ1) is 16.5. The third-order valence-electron chi connectivity index (χ3n) is 4.94. The van der Waals surface area contributed by atoms with Gasteiger partial charge in [0.15, 0.2) is 0 Å². The lowest BCUT2D eigenvalue weighted by atomic mass is 9.93. The van der Waals surface area contributed by atoms with E-state index in [1.807, 2.05) is 49.4 Å². The summed E-state index contributed by atoms with van der Waals surface area (Å²) in [6.07, 6.45) is 0.633. The number of primary amides is 1. The lowest BCUT2D eigenvalue weighted by molar-refractivity contribution is -0.124. The SMILES string of the molecule is Cc1oc(-c2ccccc2)nc1CN1Cc2ccccc2C[C@H]1C(N)=O. The maximum absolute atomic E-state index is 12.0. The first-order valence-corrected chi connectivity index (χ1v) is 8.73. The van der Waals surface area contributed by atoms with Crippen molar-refractivity contribution in [2.45, 2.75) is 32.5 Å². The highest BCUT2D eigenvalue weighted by atomic mass is 16.4. The number of aryl methyl sites for hydroxylation is 1. The summed E-state index contributed by atoms with van der Waals surface area (Å²) in [6, 6.07) is 17.7. The standard InChI is InChI=1S/C21H21N3O2/c1-14-18(23-21(26-14)15-7-3-2-4-8-15)13-24-12-17-10-6-5-9-16(17)11-19(24)20(22)25/h2-10,19H,11-13H2,1H3,(H2,22,25)/t19-/m0/s1. The van der Waals surface area contributed by atoms with Crippen LogP contribution in [0.1, 0.15) is 22.6 Å². The summed E-state index contributed by atoms with van der Waals surface area (Å²) in [5.74, 6) is 1.07. The Bertz CT molecular complexity index is 933. The number of hydrogen-bond donors (Lipinski definition) is 1. The van der Waals surface area contributed by atoms with Gasteiger partial charge in [0, 0.05) is 18.7 Å². The van der Waals surface area contributed by atoms with Crippen molar-refractivity contribution >= 4 is 5.91 Å². The number of hydrogen-bond acceptors (Lipinski definition) is 4. The summed E-state index contributed by atoms with van der Waals surface area (Å²) in [5.41, 5.74) is 9.88. The zero-order valence-electron chi connectivity index (χ0n) is 14.7. The third kappa shape index (κ3) is 3.13. The van der Waals surface area contributed by atoms with Crippen LogP contribution in [0.15, 0.2) is 59.0 Å². The monoisotopic (exact) mass is 347 g/mol. The van der Waals surface area contributed by atoms with Gasteiger partial charge in [-0.1, -0.05) is 42.5 Å². The van der Waals surface area contributed by atoms with Crippen LogP contribution < -0.4 is 5.73 Å². The Hall–Kier alpha value is -2.92. The summed E-state index contributed by atoms with van der Waals surface area (Å²) < 4.78 is 5.85. The number of fused-ring (bicyclic) bond motifs is 1. The summed E-state index contributed by atoms with van der Waals surface area (Å²) in [6.45, 7) is 3.12. The highest BCUT2D eigenvalue weighted by molar-refractivity contribution is 5.80. The Labute approximate surface area is 152 Å². The molecule has 0 unspecified atom stereocenters. The predicted molar refractivity (Wildman–Crippen MR) is 99.1 cm³/mol. The van der Waals surface area contributed by atoms with Gasteiger partial charge in [-0.25, -0.2) is 4.98 Å². The smallest absolute Gasteiger partial charge is 0.235 e. The number of carbonyl (C=O) groups is 1. The molecule has 2 aromatic carbocycles. The quantitative estimate of drug-likeness (QED) is 0.787. The van der Waals surface area contributed by atoms with Crippen LogP contribution in [0.4, 0.5) is 0 Å². The molecule has 1 aliphatic heterocycles. The fourth-order valence-electron chi connectivity index (χ4n) is 3.50. The van der Waals surface area contributed by atoms with Crippen LogP contribution in [0, 0.1) is 6.92 Å². The highest BCUT2D eigenvalue weighted by Gasteiger charge is 2.31. The molecule has 0 saturated heterocycles. The molecule has 5 nitrogen and oxygen atoms in total. The van der Waals surface area contributed by atoms with Crippen molar-refractivity contribution < 1.29 is 9.21 Å². The van der Waals surface area contributed by atoms with Crippen LogP contribution in [0.2, 0.25) is 0 Å². The molecule has 2 heterocycles. The maximum Gasteiger partial charge on any atom is 0.235 e. The maximum atomic E-state index is 12.0. The molecule has 0 bridgehead atoms. The molecule has 0 fully saturated rings. The molecule has 5 heteroatoms. The fourth-order valence-corrected chi connectivity index (χ4v) is 3.50. The summed E-state index contributed by atoms with van der Waals surface area (Å²) in [4.78, 5) is 18.8. The van der Waals surface area contributed by atoms with Gasteiger partial charge in [-0.3, -0.25) is 9.69 Å². The molecular formula is C21H21N3O2. The van der Waals surface area contributed by atoms with Crippen LogP contribution in [0.5, 0.6) is 0 Å².